The van der Waals surface area contributed by atoms with Crippen LogP contribution in [0.1, 0.15) is 51.9 Å². The van der Waals surface area contributed by atoms with Crippen molar-refractivity contribution in [2.24, 2.45) is 4.99 Å². The zero-order valence-corrected chi connectivity index (χ0v) is 19.0. The number of aliphatic imine (C=N–C) groups is 1. The predicted molar refractivity (Wildman–Crippen MR) is 119 cm³/mol. The Bertz CT molecular complexity index is 371. The quantitative estimate of drug-likeness (QED) is 0.229. The van der Waals surface area contributed by atoms with Gasteiger partial charge in [0.15, 0.2) is 5.96 Å². The maximum Gasteiger partial charge on any atom is 0.191 e. The van der Waals surface area contributed by atoms with Gasteiger partial charge in [-0.15, -0.1) is 24.0 Å². The maximum atomic E-state index is 5.91. The van der Waals surface area contributed by atoms with Crippen LogP contribution in [0.4, 0.5) is 0 Å². The minimum atomic E-state index is 0. The summed E-state index contributed by atoms with van der Waals surface area (Å²) in [6, 6.07) is 0.544. The lowest BCUT2D eigenvalue weighted by molar-refractivity contribution is -0.0320. The molecule has 26 heavy (non-hydrogen) atoms. The number of hydrogen-bond donors (Lipinski definition) is 2. The van der Waals surface area contributed by atoms with Crippen LogP contribution in [0.3, 0.4) is 0 Å². The fourth-order valence-corrected chi connectivity index (χ4v) is 3.44. The summed E-state index contributed by atoms with van der Waals surface area (Å²) in [6.45, 7) is 9.32. The van der Waals surface area contributed by atoms with Crippen LogP contribution in [0.5, 0.6) is 0 Å². The molecule has 0 aromatic heterocycles. The number of hydrogen-bond acceptors (Lipinski definition) is 4. The molecule has 0 aromatic rings. The fraction of sp³-hybridized carbons (Fsp3) is 0.947. The van der Waals surface area contributed by atoms with Crippen molar-refractivity contribution < 1.29 is 9.47 Å². The van der Waals surface area contributed by atoms with Crippen LogP contribution in [0, 0.1) is 0 Å². The normalized spacial score (nSPS) is 20.6. The molecule has 154 valence electrons. The predicted octanol–water partition coefficient (Wildman–Crippen LogP) is 2.62. The molecule has 0 saturated carbocycles. The number of piperidine rings is 1. The third-order valence-corrected chi connectivity index (χ3v) is 5.12. The Balaban J connectivity index is 0.00000338. The molecule has 6 nitrogen and oxygen atoms in total. The molecule has 0 unspecified atom stereocenters. The van der Waals surface area contributed by atoms with E-state index < -0.39 is 0 Å². The molecule has 2 saturated heterocycles. The average molecular weight is 482 g/mol. The molecule has 2 fully saturated rings. The van der Waals surface area contributed by atoms with Gasteiger partial charge in [0, 0.05) is 52.5 Å². The van der Waals surface area contributed by atoms with E-state index in [0.717, 1.165) is 51.6 Å². The number of likely N-dealkylation sites (tertiary alicyclic amines) is 1. The zero-order chi connectivity index (χ0) is 17.7. The molecule has 0 amide bonds. The van der Waals surface area contributed by atoms with Crippen molar-refractivity contribution >= 4 is 29.9 Å². The van der Waals surface area contributed by atoms with E-state index in [1.165, 1.54) is 45.3 Å². The maximum absolute atomic E-state index is 5.91. The Hall–Kier alpha value is -0.120. The number of unbranched alkanes of at least 4 members (excludes halogenated alkanes) is 1. The van der Waals surface area contributed by atoms with Gasteiger partial charge in [0.2, 0.25) is 0 Å². The van der Waals surface area contributed by atoms with E-state index in [1.54, 1.807) is 0 Å². The first-order valence-electron chi connectivity index (χ1n) is 10.2. The van der Waals surface area contributed by atoms with Crippen LogP contribution in [0.25, 0.3) is 0 Å². The van der Waals surface area contributed by atoms with Crippen molar-refractivity contribution in [3.05, 3.63) is 0 Å². The summed E-state index contributed by atoms with van der Waals surface area (Å²) in [7, 11) is 1.85. The molecule has 7 heteroatoms. The van der Waals surface area contributed by atoms with E-state index in [2.05, 4.69) is 27.4 Å². The first-order chi connectivity index (χ1) is 12.3. The van der Waals surface area contributed by atoms with Gasteiger partial charge < -0.3 is 25.0 Å². The SMILES string of the molecule is CCCCN1CCC(NC(=NC)NCCCOC2CCOCC2)CC1.I. The van der Waals surface area contributed by atoms with E-state index in [-0.39, 0.29) is 24.0 Å². The van der Waals surface area contributed by atoms with Crippen molar-refractivity contribution in [3.8, 4) is 0 Å². The highest BCUT2D eigenvalue weighted by Gasteiger charge is 2.19. The van der Waals surface area contributed by atoms with E-state index in [4.69, 9.17) is 9.47 Å². The summed E-state index contributed by atoms with van der Waals surface area (Å²) in [6.07, 6.45) is 8.48. The Kier molecular flexibility index (Phi) is 13.7. The molecule has 0 radical (unpaired) electrons. The number of rotatable bonds is 9. The van der Waals surface area contributed by atoms with Crippen molar-refractivity contribution in [2.45, 2.75) is 64.0 Å². The largest absolute Gasteiger partial charge is 0.381 e. The standard InChI is InChI=1S/C19H38N4O2.HI/c1-3-4-11-23-12-6-17(7-13-23)22-19(20-2)21-10-5-14-25-18-8-15-24-16-9-18;/h17-18H,3-16H2,1-2H3,(H2,20,21,22);1H. The molecule has 0 atom stereocenters. The second kappa shape index (κ2) is 14.9. The molecule has 0 spiro atoms. The number of halogens is 1. The van der Waals surface area contributed by atoms with Crippen LogP contribution in [0.2, 0.25) is 0 Å². The zero-order valence-electron chi connectivity index (χ0n) is 16.7. The van der Waals surface area contributed by atoms with Gasteiger partial charge >= 0.3 is 0 Å². The number of ether oxygens (including phenoxy) is 2. The summed E-state index contributed by atoms with van der Waals surface area (Å²) < 4.78 is 11.3. The van der Waals surface area contributed by atoms with Crippen molar-refractivity contribution in [1.82, 2.24) is 15.5 Å². The van der Waals surface area contributed by atoms with Gasteiger partial charge in [0.25, 0.3) is 0 Å². The minimum absolute atomic E-state index is 0. The Morgan fingerprint density at radius 1 is 1.15 bits per heavy atom. The lowest BCUT2D eigenvalue weighted by atomic mass is 10.0. The van der Waals surface area contributed by atoms with Gasteiger partial charge in [-0.3, -0.25) is 4.99 Å². The van der Waals surface area contributed by atoms with Gasteiger partial charge in [-0.05, 0) is 45.1 Å². The Morgan fingerprint density at radius 3 is 2.54 bits per heavy atom. The van der Waals surface area contributed by atoms with Crippen LogP contribution in [-0.2, 0) is 9.47 Å². The lowest BCUT2D eigenvalue weighted by Crippen LogP contribution is -2.49. The molecule has 2 aliphatic rings. The smallest absolute Gasteiger partial charge is 0.191 e. The first-order valence-corrected chi connectivity index (χ1v) is 10.2. The van der Waals surface area contributed by atoms with Crippen molar-refractivity contribution in [2.75, 3.05) is 53.0 Å². The van der Waals surface area contributed by atoms with E-state index in [0.29, 0.717) is 12.1 Å². The van der Waals surface area contributed by atoms with Gasteiger partial charge in [0.05, 0.1) is 6.10 Å². The highest BCUT2D eigenvalue weighted by molar-refractivity contribution is 14.0. The molecular weight excluding hydrogens is 443 g/mol. The van der Waals surface area contributed by atoms with Crippen molar-refractivity contribution in [3.63, 3.8) is 0 Å². The molecule has 0 aliphatic carbocycles. The topological polar surface area (TPSA) is 58.1 Å². The first kappa shape index (κ1) is 23.9. The molecule has 0 aromatic carbocycles. The summed E-state index contributed by atoms with van der Waals surface area (Å²) in [5.41, 5.74) is 0. The summed E-state index contributed by atoms with van der Waals surface area (Å²) in [5, 5.41) is 7.00. The molecule has 2 N–H and O–H groups in total. The minimum Gasteiger partial charge on any atom is -0.381 e. The lowest BCUT2D eigenvalue weighted by Gasteiger charge is -2.33. The van der Waals surface area contributed by atoms with E-state index >= 15 is 0 Å². The van der Waals surface area contributed by atoms with Crippen LogP contribution in [0.15, 0.2) is 4.99 Å². The van der Waals surface area contributed by atoms with E-state index in [9.17, 15) is 0 Å². The summed E-state index contributed by atoms with van der Waals surface area (Å²) >= 11 is 0. The third-order valence-electron chi connectivity index (χ3n) is 5.12. The van der Waals surface area contributed by atoms with E-state index in [1.807, 2.05) is 7.05 Å². The fourth-order valence-electron chi connectivity index (χ4n) is 3.44. The monoisotopic (exact) mass is 482 g/mol. The van der Waals surface area contributed by atoms with Crippen LogP contribution >= 0.6 is 24.0 Å². The Morgan fingerprint density at radius 2 is 1.88 bits per heavy atom. The number of guanidine groups is 1. The van der Waals surface area contributed by atoms with Crippen LogP contribution < -0.4 is 10.6 Å². The summed E-state index contributed by atoms with van der Waals surface area (Å²) in [5.74, 6) is 0.929. The molecule has 2 aliphatic heterocycles. The van der Waals surface area contributed by atoms with Gasteiger partial charge in [-0.2, -0.15) is 0 Å². The number of nitrogens with one attached hydrogen (secondary N) is 2. The van der Waals surface area contributed by atoms with Crippen molar-refractivity contribution in [1.29, 1.82) is 0 Å². The van der Waals surface area contributed by atoms with Crippen LogP contribution in [-0.4, -0.2) is 76.1 Å². The molecule has 2 heterocycles. The number of nitrogens with zero attached hydrogens (tertiary/aromatic N) is 2. The van der Waals surface area contributed by atoms with Gasteiger partial charge in [0.1, 0.15) is 0 Å². The average Bonchev–Trinajstić information content (AvgIpc) is 2.67. The highest BCUT2D eigenvalue weighted by atomic mass is 127. The molecule has 2 rings (SSSR count). The molecular formula is C19H39IN4O2. The second-order valence-electron chi connectivity index (χ2n) is 7.15. The van der Waals surface area contributed by atoms with Gasteiger partial charge in [-0.1, -0.05) is 13.3 Å². The molecule has 0 bridgehead atoms. The second-order valence-corrected chi connectivity index (χ2v) is 7.15. The third kappa shape index (κ3) is 9.71. The summed E-state index contributed by atoms with van der Waals surface area (Å²) in [4.78, 5) is 6.95. The van der Waals surface area contributed by atoms with Gasteiger partial charge in [-0.25, -0.2) is 0 Å². The highest BCUT2D eigenvalue weighted by Crippen LogP contribution is 2.11. The Labute approximate surface area is 176 Å².